The highest BCUT2D eigenvalue weighted by Gasteiger charge is 2.41. The first-order valence-electron chi connectivity index (χ1n) is 14.1. The van der Waals surface area contributed by atoms with Crippen LogP contribution in [0.1, 0.15) is 33.6 Å². The zero-order chi connectivity index (χ0) is 33.2. The lowest BCUT2D eigenvalue weighted by Gasteiger charge is -2.12. The van der Waals surface area contributed by atoms with E-state index >= 15 is 0 Å². The van der Waals surface area contributed by atoms with Crippen LogP contribution in [0.2, 0.25) is 0 Å². The Morgan fingerprint density at radius 1 is 0.457 bits per heavy atom. The Labute approximate surface area is 260 Å². The van der Waals surface area contributed by atoms with Gasteiger partial charge in [-0.3, -0.25) is 0 Å². The maximum Gasteiger partial charge on any atom is 0.435 e. The van der Waals surface area contributed by atoms with E-state index in [0.29, 0.717) is 22.5 Å². The van der Waals surface area contributed by atoms with Crippen LogP contribution >= 0.6 is 0 Å². The van der Waals surface area contributed by atoms with Crippen LogP contribution in [0, 0.1) is 27.7 Å². The van der Waals surface area contributed by atoms with Gasteiger partial charge in [0.05, 0.1) is 11.4 Å². The van der Waals surface area contributed by atoms with Crippen molar-refractivity contribution < 1.29 is 26.3 Å². The Kier molecular flexibility index (Phi) is 8.82. The molecule has 0 spiro atoms. The minimum atomic E-state index is -4.56. The highest BCUT2D eigenvalue weighted by molar-refractivity contribution is 5.64. The number of halogens is 6. The fourth-order valence-electron chi connectivity index (χ4n) is 4.73. The first kappa shape index (κ1) is 32.1. The van der Waals surface area contributed by atoms with Gasteiger partial charge in [0.15, 0.2) is 11.4 Å². The fraction of sp³-hybridized carbons (Fsp3) is 0.176. The topological polar surface area (TPSA) is 61.4 Å². The summed E-state index contributed by atoms with van der Waals surface area (Å²) in [5, 5.41) is 15.0. The molecule has 0 aliphatic carbocycles. The number of hydrogen-bond acceptors (Lipinski definition) is 4. The number of benzene rings is 4. The summed E-state index contributed by atoms with van der Waals surface area (Å²) in [4.78, 5) is 0. The maximum absolute atomic E-state index is 13.6. The number of alkyl halides is 6. The zero-order valence-corrected chi connectivity index (χ0v) is 25.2. The molecule has 0 unspecified atom stereocenters. The fourth-order valence-corrected chi connectivity index (χ4v) is 4.73. The molecule has 0 bridgehead atoms. The van der Waals surface area contributed by atoms with Crippen molar-refractivity contribution in [3.63, 3.8) is 0 Å². The first-order chi connectivity index (χ1) is 21.8. The largest absolute Gasteiger partial charge is 0.435 e. The van der Waals surface area contributed by atoms with Crippen molar-refractivity contribution in [2.75, 3.05) is 0 Å². The number of rotatable bonds is 4. The van der Waals surface area contributed by atoms with Crippen molar-refractivity contribution in [1.82, 2.24) is 30.0 Å². The van der Waals surface area contributed by atoms with E-state index in [0.717, 1.165) is 31.6 Å². The van der Waals surface area contributed by atoms with Gasteiger partial charge in [0.25, 0.3) is 0 Å². The third kappa shape index (κ3) is 6.70. The third-order valence-corrected chi connectivity index (χ3v) is 7.44. The van der Waals surface area contributed by atoms with E-state index in [1.807, 2.05) is 27.7 Å². The van der Waals surface area contributed by atoms with Gasteiger partial charge in [0, 0.05) is 11.1 Å². The highest BCUT2D eigenvalue weighted by Crippen LogP contribution is 2.38. The second kappa shape index (κ2) is 12.6. The average Bonchev–Trinajstić information content (AvgIpc) is 3.67. The Bertz CT molecular complexity index is 1820. The second-order valence-corrected chi connectivity index (χ2v) is 10.7. The molecule has 46 heavy (non-hydrogen) atoms. The molecule has 0 N–H and O–H groups in total. The summed E-state index contributed by atoms with van der Waals surface area (Å²) in [7, 11) is 0. The van der Waals surface area contributed by atoms with Gasteiger partial charge >= 0.3 is 12.4 Å². The molecule has 0 radical (unpaired) electrons. The van der Waals surface area contributed by atoms with Crippen molar-refractivity contribution in [3.8, 4) is 33.9 Å². The van der Waals surface area contributed by atoms with Crippen molar-refractivity contribution in [2.45, 2.75) is 40.0 Å². The van der Waals surface area contributed by atoms with Gasteiger partial charge in [-0.2, -0.15) is 26.3 Å². The minimum Gasteiger partial charge on any atom is -0.208 e. The van der Waals surface area contributed by atoms with Crippen LogP contribution in [0.25, 0.3) is 33.9 Å². The van der Waals surface area contributed by atoms with Gasteiger partial charge in [-0.1, -0.05) is 83.2 Å². The molecule has 0 aliphatic heterocycles. The molecule has 4 aromatic carbocycles. The Morgan fingerprint density at radius 3 is 1.11 bits per heavy atom. The van der Waals surface area contributed by atoms with Gasteiger partial charge in [-0.15, -0.1) is 10.2 Å². The zero-order valence-electron chi connectivity index (χ0n) is 25.2. The van der Waals surface area contributed by atoms with Crippen molar-refractivity contribution in [1.29, 1.82) is 0 Å². The number of hydrogen-bond donors (Lipinski definition) is 0. The molecule has 2 aromatic heterocycles. The van der Waals surface area contributed by atoms with E-state index in [1.54, 1.807) is 97.1 Å². The summed E-state index contributed by atoms with van der Waals surface area (Å²) in [5.74, 6) is 0. The smallest absolute Gasteiger partial charge is 0.208 e. The predicted octanol–water partition coefficient (Wildman–Crippen LogP) is 9.14. The summed E-state index contributed by atoms with van der Waals surface area (Å²) in [6.45, 7) is 7.50. The summed E-state index contributed by atoms with van der Waals surface area (Å²) in [6, 6.07) is 26.6. The van der Waals surface area contributed by atoms with Crippen LogP contribution < -0.4 is 0 Å². The van der Waals surface area contributed by atoms with E-state index < -0.39 is 23.7 Å². The Hall–Kier alpha value is -5.26. The van der Waals surface area contributed by atoms with E-state index in [4.69, 9.17) is 0 Å². The number of nitrogens with zero attached hydrogens (tertiary/aromatic N) is 6. The van der Waals surface area contributed by atoms with Crippen LogP contribution in [0.3, 0.4) is 0 Å². The van der Waals surface area contributed by atoms with Crippen LogP contribution in [0.4, 0.5) is 26.3 Å². The van der Waals surface area contributed by atoms with E-state index in [-0.39, 0.29) is 11.4 Å². The Balaban J connectivity index is 0.000000181. The summed E-state index contributed by atoms with van der Waals surface area (Å²) < 4.78 is 83.3. The Morgan fingerprint density at radius 2 is 0.804 bits per heavy atom. The standard InChI is InChI=1S/2C17H14F3N3/c2*1-11-8-9-14(10-12(11)2)23-16(17(18,19)20)15(21-22-23)13-6-4-3-5-7-13/h2*3-10H,1-2H3. The SMILES string of the molecule is Cc1ccc(-n2nnc(-c3ccccc3)c2C(F)(F)F)cc1C.Cc1ccc(-n2nnc(-c3ccccc3)c2C(F)(F)F)cc1C. The van der Waals surface area contributed by atoms with Crippen molar-refractivity contribution in [2.24, 2.45) is 0 Å². The molecule has 6 aromatic rings. The highest BCUT2D eigenvalue weighted by atomic mass is 19.4. The molecule has 0 amide bonds. The third-order valence-electron chi connectivity index (χ3n) is 7.44. The van der Waals surface area contributed by atoms with Gasteiger partial charge in [-0.05, 0) is 74.2 Å². The van der Waals surface area contributed by atoms with Crippen LogP contribution in [-0.4, -0.2) is 30.0 Å². The van der Waals surface area contributed by atoms with E-state index in [9.17, 15) is 26.3 Å². The molecule has 0 fully saturated rings. The average molecular weight is 635 g/mol. The summed E-state index contributed by atoms with van der Waals surface area (Å²) in [5.41, 5.74) is 3.18. The normalized spacial score (nSPS) is 11.7. The summed E-state index contributed by atoms with van der Waals surface area (Å²) in [6.07, 6.45) is -9.12. The molecular weight excluding hydrogens is 606 g/mol. The van der Waals surface area contributed by atoms with Gasteiger partial charge in [0.2, 0.25) is 0 Å². The molecule has 2 heterocycles. The molecule has 0 saturated carbocycles. The number of aromatic nitrogens is 6. The van der Waals surface area contributed by atoms with Crippen LogP contribution in [0.5, 0.6) is 0 Å². The summed E-state index contributed by atoms with van der Waals surface area (Å²) >= 11 is 0. The molecule has 6 nitrogen and oxygen atoms in total. The van der Waals surface area contributed by atoms with Crippen LogP contribution in [0.15, 0.2) is 97.1 Å². The van der Waals surface area contributed by atoms with E-state index in [2.05, 4.69) is 20.6 Å². The lowest BCUT2D eigenvalue weighted by molar-refractivity contribution is -0.143. The lowest BCUT2D eigenvalue weighted by Crippen LogP contribution is -2.14. The lowest BCUT2D eigenvalue weighted by atomic mass is 10.1. The quantitative estimate of drug-likeness (QED) is 0.182. The maximum atomic E-state index is 13.6. The molecule has 236 valence electrons. The van der Waals surface area contributed by atoms with Gasteiger partial charge < -0.3 is 0 Å². The molecule has 0 atom stereocenters. The number of aryl methyl sites for hydroxylation is 4. The van der Waals surface area contributed by atoms with Gasteiger partial charge in [0.1, 0.15) is 11.4 Å². The van der Waals surface area contributed by atoms with Crippen molar-refractivity contribution in [3.05, 3.63) is 131 Å². The van der Waals surface area contributed by atoms with Crippen molar-refractivity contribution >= 4 is 0 Å². The molecular formula is C34H28F6N6. The molecule has 6 rings (SSSR count). The predicted molar refractivity (Wildman–Crippen MR) is 163 cm³/mol. The van der Waals surface area contributed by atoms with E-state index in [1.165, 1.54) is 0 Å². The van der Waals surface area contributed by atoms with Gasteiger partial charge in [-0.25, -0.2) is 9.36 Å². The molecule has 12 heteroatoms. The molecule has 0 saturated heterocycles. The molecule has 0 aliphatic rings. The first-order valence-corrected chi connectivity index (χ1v) is 14.1. The van der Waals surface area contributed by atoms with Crippen LogP contribution in [-0.2, 0) is 12.4 Å². The minimum absolute atomic E-state index is 0.170. The monoisotopic (exact) mass is 634 g/mol. The second-order valence-electron chi connectivity index (χ2n) is 10.7.